The highest BCUT2D eigenvalue weighted by atomic mass is 16.6. The molecule has 0 unspecified atom stereocenters. The van der Waals surface area contributed by atoms with E-state index in [2.05, 4.69) is 0 Å². The average Bonchev–Trinajstić information content (AvgIpc) is 2.53. The average molecular weight is 289 g/mol. The maximum Gasteiger partial charge on any atom is 0.336 e. The van der Waals surface area contributed by atoms with Gasteiger partial charge in [-0.2, -0.15) is 0 Å². The largest absolute Gasteiger partial charge is 0.494 e. The van der Waals surface area contributed by atoms with Crippen LogP contribution in [0.15, 0.2) is 30.2 Å². The van der Waals surface area contributed by atoms with E-state index in [9.17, 15) is 14.7 Å². The van der Waals surface area contributed by atoms with Gasteiger partial charge in [-0.25, -0.2) is 4.79 Å². The fourth-order valence-electron chi connectivity index (χ4n) is 2.65. The molecule has 0 saturated heterocycles. The zero-order chi connectivity index (χ0) is 14.8. The van der Waals surface area contributed by atoms with Gasteiger partial charge in [0, 0.05) is 12.2 Å². The Morgan fingerprint density at radius 3 is 2.81 bits per heavy atom. The lowest BCUT2D eigenvalue weighted by Gasteiger charge is -2.31. The molecular formula is C15H15NO5. The van der Waals surface area contributed by atoms with Gasteiger partial charge in [0.25, 0.3) is 5.91 Å². The van der Waals surface area contributed by atoms with Crippen LogP contribution >= 0.6 is 0 Å². The lowest BCUT2D eigenvalue weighted by atomic mass is 9.96. The van der Waals surface area contributed by atoms with Gasteiger partial charge < -0.3 is 19.5 Å². The van der Waals surface area contributed by atoms with Crippen LogP contribution in [0, 0.1) is 0 Å². The summed E-state index contributed by atoms with van der Waals surface area (Å²) in [6.45, 7) is 1.31. The Kier molecular flexibility index (Phi) is 3.51. The van der Waals surface area contributed by atoms with E-state index in [-0.39, 0.29) is 17.2 Å². The molecule has 110 valence electrons. The molecule has 3 rings (SSSR count). The van der Waals surface area contributed by atoms with Gasteiger partial charge in [0.1, 0.15) is 19.5 Å². The highest BCUT2D eigenvalue weighted by Gasteiger charge is 2.29. The SMILES string of the molecule is O=C(O)c1cccc2c1CCCN2C(=O)C1=COCCO1. The standard InChI is InChI=1S/C15H15NO5/c17-14(13-9-20-7-8-21-13)16-6-2-4-10-11(15(18)19)3-1-5-12(10)16/h1,3,5,9H,2,4,6-8H2,(H,18,19). The molecule has 6 heteroatoms. The van der Waals surface area contributed by atoms with Crippen LogP contribution in [0.2, 0.25) is 0 Å². The van der Waals surface area contributed by atoms with Gasteiger partial charge in [-0.3, -0.25) is 4.79 Å². The highest BCUT2D eigenvalue weighted by molar-refractivity contribution is 6.06. The molecule has 2 aliphatic heterocycles. The van der Waals surface area contributed by atoms with Crippen molar-refractivity contribution in [3.05, 3.63) is 41.3 Å². The van der Waals surface area contributed by atoms with Crippen molar-refractivity contribution < 1.29 is 24.2 Å². The van der Waals surface area contributed by atoms with Gasteiger partial charge in [0.2, 0.25) is 5.76 Å². The molecular weight excluding hydrogens is 274 g/mol. The predicted octanol–water partition coefficient (Wildman–Crippen LogP) is 1.55. The maximum absolute atomic E-state index is 12.5. The Balaban J connectivity index is 1.97. The fourth-order valence-corrected chi connectivity index (χ4v) is 2.65. The molecule has 0 saturated carbocycles. The second kappa shape index (κ2) is 5.47. The topological polar surface area (TPSA) is 76.1 Å². The van der Waals surface area contributed by atoms with Crippen LogP contribution in [0.4, 0.5) is 5.69 Å². The summed E-state index contributed by atoms with van der Waals surface area (Å²) in [4.78, 5) is 25.4. The summed E-state index contributed by atoms with van der Waals surface area (Å²) in [5, 5.41) is 9.25. The molecule has 1 N–H and O–H groups in total. The smallest absolute Gasteiger partial charge is 0.336 e. The van der Waals surface area contributed by atoms with Gasteiger partial charge in [-0.15, -0.1) is 0 Å². The first-order valence-electron chi connectivity index (χ1n) is 6.80. The molecule has 0 radical (unpaired) electrons. The van der Waals surface area contributed by atoms with Crippen LogP contribution in [0.1, 0.15) is 22.3 Å². The number of fused-ring (bicyclic) bond motifs is 1. The Morgan fingerprint density at radius 1 is 1.24 bits per heavy atom. The summed E-state index contributed by atoms with van der Waals surface area (Å²) in [6, 6.07) is 4.98. The number of rotatable bonds is 2. The van der Waals surface area contributed by atoms with Crippen molar-refractivity contribution in [3.8, 4) is 0 Å². The second-order valence-electron chi connectivity index (χ2n) is 4.87. The fraction of sp³-hybridized carbons (Fsp3) is 0.333. The monoisotopic (exact) mass is 289 g/mol. The molecule has 0 aliphatic carbocycles. The third kappa shape index (κ3) is 2.44. The van der Waals surface area contributed by atoms with E-state index in [1.807, 2.05) is 0 Å². The number of carboxylic acid groups (broad SMARTS) is 1. The van der Waals surface area contributed by atoms with Crippen LogP contribution in [0.3, 0.4) is 0 Å². The van der Waals surface area contributed by atoms with Crippen molar-refractivity contribution in [2.75, 3.05) is 24.7 Å². The molecule has 0 fully saturated rings. The molecule has 0 spiro atoms. The third-order valence-electron chi connectivity index (χ3n) is 3.59. The predicted molar refractivity (Wildman–Crippen MR) is 74.1 cm³/mol. The van der Waals surface area contributed by atoms with Crippen LogP contribution in [-0.2, 0) is 20.7 Å². The normalized spacial score (nSPS) is 17.1. The number of ether oxygens (including phenoxy) is 2. The lowest BCUT2D eigenvalue weighted by Crippen LogP contribution is -2.38. The van der Waals surface area contributed by atoms with Gasteiger partial charge in [0.05, 0.1) is 5.56 Å². The molecule has 21 heavy (non-hydrogen) atoms. The number of hydrogen-bond acceptors (Lipinski definition) is 4. The first kappa shape index (κ1) is 13.5. The van der Waals surface area contributed by atoms with Crippen molar-refractivity contribution in [3.63, 3.8) is 0 Å². The first-order chi connectivity index (χ1) is 10.2. The van der Waals surface area contributed by atoms with E-state index in [4.69, 9.17) is 9.47 Å². The number of nitrogens with zero attached hydrogens (tertiary/aromatic N) is 1. The van der Waals surface area contributed by atoms with Gasteiger partial charge >= 0.3 is 5.97 Å². The van der Waals surface area contributed by atoms with Gasteiger partial charge in [0.15, 0.2) is 0 Å². The number of carbonyl (C=O) groups is 2. The Bertz CT molecular complexity index is 622. The molecule has 1 aromatic rings. The summed E-state index contributed by atoms with van der Waals surface area (Å²) in [6.07, 6.45) is 2.69. The number of carboxylic acids is 1. The summed E-state index contributed by atoms with van der Waals surface area (Å²) in [5.74, 6) is -1.11. The summed E-state index contributed by atoms with van der Waals surface area (Å²) >= 11 is 0. The quantitative estimate of drug-likeness (QED) is 0.894. The summed E-state index contributed by atoms with van der Waals surface area (Å²) < 4.78 is 10.4. The Labute approximate surface area is 121 Å². The van der Waals surface area contributed by atoms with Crippen molar-refractivity contribution in [1.29, 1.82) is 0 Å². The molecule has 0 bridgehead atoms. The molecule has 0 aromatic heterocycles. The van der Waals surface area contributed by atoms with E-state index >= 15 is 0 Å². The zero-order valence-corrected chi connectivity index (χ0v) is 11.4. The Morgan fingerprint density at radius 2 is 2.10 bits per heavy atom. The molecule has 1 aromatic carbocycles. The molecule has 2 aliphatic rings. The van der Waals surface area contributed by atoms with Crippen molar-refractivity contribution >= 4 is 17.6 Å². The lowest BCUT2D eigenvalue weighted by molar-refractivity contribution is -0.119. The Hall–Kier alpha value is -2.50. The number of hydrogen-bond donors (Lipinski definition) is 1. The number of aromatic carboxylic acids is 1. The van der Waals surface area contributed by atoms with Crippen LogP contribution in [-0.4, -0.2) is 36.7 Å². The number of amides is 1. The van der Waals surface area contributed by atoms with Crippen LogP contribution < -0.4 is 4.90 Å². The van der Waals surface area contributed by atoms with Crippen molar-refractivity contribution in [1.82, 2.24) is 0 Å². The minimum atomic E-state index is -0.974. The zero-order valence-electron chi connectivity index (χ0n) is 11.4. The van der Waals surface area contributed by atoms with Gasteiger partial charge in [-0.1, -0.05) is 6.07 Å². The van der Waals surface area contributed by atoms with Crippen LogP contribution in [0.25, 0.3) is 0 Å². The van der Waals surface area contributed by atoms with Gasteiger partial charge in [-0.05, 0) is 30.5 Å². The first-order valence-corrected chi connectivity index (χ1v) is 6.80. The highest BCUT2D eigenvalue weighted by Crippen LogP contribution is 2.31. The van der Waals surface area contributed by atoms with Crippen molar-refractivity contribution in [2.45, 2.75) is 12.8 Å². The second-order valence-corrected chi connectivity index (χ2v) is 4.87. The summed E-state index contributed by atoms with van der Waals surface area (Å²) in [5.41, 5.74) is 1.59. The molecule has 6 nitrogen and oxygen atoms in total. The number of carbonyl (C=O) groups excluding carboxylic acids is 1. The third-order valence-corrected chi connectivity index (χ3v) is 3.59. The molecule has 2 heterocycles. The van der Waals surface area contributed by atoms with E-state index in [0.29, 0.717) is 37.4 Å². The molecule has 0 atom stereocenters. The maximum atomic E-state index is 12.5. The van der Waals surface area contributed by atoms with E-state index in [1.54, 1.807) is 23.1 Å². The van der Waals surface area contributed by atoms with E-state index < -0.39 is 5.97 Å². The molecule has 1 amide bonds. The number of anilines is 1. The van der Waals surface area contributed by atoms with E-state index in [0.717, 1.165) is 6.42 Å². The summed E-state index contributed by atoms with van der Waals surface area (Å²) in [7, 11) is 0. The van der Waals surface area contributed by atoms with Crippen molar-refractivity contribution in [2.24, 2.45) is 0 Å². The van der Waals surface area contributed by atoms with Crippen LogP contribution in [0.5, 0.6) is 0 Å². The number of benzene rings is 1. The van der Waals surface area contributed by atoms with E-state index in [1.165, 1.54) is 6.26 Å². The minimum absolute atomic E-state index is 0.162. The minimum Gasteiger partial charge on any atom is -0.494 e.